The lowest BCUT2D eigenvalue weighted by atomic mass is 9.94. The predicted molar refractivity (Wildman–Crippen MR) is 174 cm³/mol. The van der Waals surface area contributed by atoms with Crippen LogP contribution in [-0.4, -0.2) is 39.6 Å². The molecule has 46 heavy (non-hydrogen) atoms. The van der Waals surface area contributed by atoms with Crippen LogP contribution in [0.2, 0.25) is 0 Å². The highest BCUT2D eigenvalue weighted by Crippen LogP contribution is 2.38. The number of nitrogens with one attached hydrogen (secondary N) is 1. The third-order valence-corrected chi connectivity index (χ3v) is 8.39. The number of amides is 2. The second-order valence-corrected chi connectivity index (χ2v) is 11.5. The zero-order valence-electron chi connectivity index (χ0n) is 25.3. The molecule has 0 spiro atoms. The van der Waals surface area contributed by atoms with Gasteiger partial charge < -0.3 is 14.8 Å². The van der Waals surface area contributed by atoms with Crippen molar-refractivity contribution in [2.75, 3.05) is 11.7 Å². The van der Waals surface area contributed by atoms with E-state index in [4.69, 9.17) is 9.47 Å². The monoisotopic (exact) mass is 611 g/mol. The SMILES string of the molecule is O=C(NC1CCCCC1)[C@H](c1cccc(C#Cc2ccccc2)c1)N(C(=O)Cn1nnc2ccccc21)c1ccc2c(c1)OCO2. The van der Waals surface area contributed by atoms with Crippen LogP contribution in [0.1, 0.15) is 54.8 Å². The third kappa shape index (κ3) is 6.28. The van der Waals surface area contributed by atoms with Crippen molar-refractivity contribution in [1.82, 2.24) is 20.3 Å². The molecule has 1 aliphatic heterocycles. The maximum absolute atomic E-state index is 14.5. The average Bonchev–Trinajstić information content (AvgIpc) is 3.74. The van der Waals surface area contributed by atoms with Gasteiger partial charge in [0.25, 0.3) is 0 Å². The van der Waals surface area contributed by atoms with E-state index in [1.165, 1.54) is 0 Å². The van der Waals surface area contributed by atoms with Crippen LogP contribution in [0.25, 0.3) is 11.0 Å². The lowest BCUT2D eigenvalue weighted by molar-refractivity contribution is -0.127. The van der Waals surface area contributed by atoms with E-state index in [2.05, 4.69) is 27.5 Å². The van der Waals surface area contributed by atoms with Gasteiger partial charge in [0, 0.05) is 28.9 Å². The van der Waals surface area contributed by atoms with Crippen molar-refractivity contribution in [2.24, 2.45) is 0 Å². The van der Waals surface area contributed by atoms with E-state index in [-0.39, 0.29) is 31.2 Å². The summed E-state index contributed by atoms with van der Waals surface area (Å²) in [4.78, 5) is 30.5. The molecule has 5 aromatic rings. The van der Waals surface area contributed by atoms with Gasteiger partial charge in [0.1, 0.15) is 18.1 Å². The Balaban J connectivity index is 1.31. The van der Waals surface area contributed by atoms with Crippen LogP contribution in [0.4, 0.5) is 5.69 Å². The molecular weight excluding hydrogens is 578 g/mol. The smallest absolute Gasteiger partial charge is 0.249 e. The molecular formula is C37H33N5O4. The summed E-state index contributed by atoms with van der Waals surface area (Å²) in [5.74, 6) is 6.94. The van der Waals surface area contributed by atoms with Crippen molar-refractivity contribution in [1.29, 1.82) is 0 Å². The van der Waals surface area contributed by atoms with Gasteiger partial charge in [-0.05, 0) is 66.9 Å². The minimum atomic E-state index is -0.997. The molecule has 2 aliphatic rings. The van der Waals surface area contributed by atoms with Crippen LogP contribution in [0.3, 0.4) is 0 Å². The number of nitrogens with zero attached hydrogens (tertiary/aromatic N) is 4. The summed E-state index contributed by atoms with van der Waals surface area (Å²) in [6.45, 7) is -0.0406. The number of benzene rings is 4. The van der Waals surface area contributed by atoms with Gasteiger partial charge in [0.15, 0.2) is 11.5 Å². The second-order valence-electron chi connectivity index (χ2n) is 11.5. The highest BCUT2D eigenvalue weighted by Gasteiger charge is 2.35. The summed E-state index contributed by atoms with van der Waals surface area (Å²) in [5, 5.41) is 11.8. The average molecular weight is 612 g/mol. The summed E-state index contributed by atoms with van der Waals surface area (Å²) in [6.07, 6.45) is 5.09. The van der Waals surface area contributed by atoms with Gasteiger partial charge in [-0.25, -0.2) is 4.68 Å². The number of hydrogen-bond donors (Lipinski definition) is 1. The number of rotatable bonds is 7. The Morgan fingerprint density at radius 3 is 2.48 bits per heavy atom. The quantitative estimate of drug-likeness (QED) is 0.234. The second kappa shape index (κ2) is 13.2. The molecule has 0 saturated heterocycles. The van der Waals surface area contributed by atoms with Gasteiger partial charge in [-0.2, -0.15) is 0 Å². The third-order valence-electron chi connectivity index (χ3n) is 8.39. The van der Waals surface area contributed by atoms with Crippen LogP contribution < -0.4 is 19.7 Å². The van der Waals surface area contributed by atoms with E-state index in [9.17, 15) is 9.59 Å². The number of hydrogen-bond acceptors (Lipinski definition) is 6. The molecule has 7 rings (SSSR count). The Kier molecular flexibility index (Phi) is 8.33. The van der Waals surface area contributed by atoms with Crippen molar-refractivity contribution in [3.05, 3.63) is 114 Å². The van der Waals surface area contributed by atoms with Gasteiger partial charge >= 0.3 is 0 Å². The van der Waals surface area contributed by atoms with Gasteiger partial charge in [0.05, 0.1) is 5.52 Å². The lowest BCUT2D eigenvalue weighted by Crippen LogP contribution is -2.48. The fraction of sp³-hybridized carbons (Fsp3) is 0.243. The van der Waals surface area contributed by atoms with Crippen molar-refractivity contribution in [3.63, 3.8) is 0 Å². The molecule has 1 N–H and O–H groups in total. The molecule has 1 fully saturated rings. The van der Waals surface area contributed by atoms with E-state index in [0.29, 0.717) is 28.3 Å². The number of aromatic nitrogens is 3. The molecule has 0 radical (unpaired) electrons. The first-order valence-corrected chi connectivity index (χ1v) is 15.6. The summed E-state index contributed by atoms with van der Waals surface area (Å²) in [6, 6.07) is 29.1. The van der Waals surface area contributed by atoms with Crippen LogP contribution in [0.15, 0.2) is 97.1 Å². The summed E-state index contributed by atoms with van der Waals surface area (Å²) < 4.78 is 12.8. The molecule has 1 aliphatic carbocycles. The fourth-order valence-corrected chi connectivity index (χ4v) is 6.11. The van der Waals surface area contributed by atoms with Crippen LogP contribution in [0, 0.1) is 11.8 Å². The number of anilines is 1. The van der Waals surface area contributed by atoms with E-state index < -0.39 is 6.04 Å². The van der Waals surface area contributed by atoms with Crippen molar-refractivity contribution >= 4 is 28.5 Å². The van der Waals surface area contributed by atoms with E-state index >= 15 is 0 Å². The number of ether oxygens (including phenoxy) is 2. The van der Waals surface area contributed by atoms with E-state index in [1.807, 2.05) is 78.9 Å². The Labute approximate surface area is 267 Å². The molecule has 4 aromatic carbocycles. The van der Waals surface area contributed by atoms with Gasteiger partial charge in [-0.15, -0.1) is 5.10 Å². The van der Waals surface area contributed by atoms with E-state index in [0.717, 1.165) is 48.7 Å². The van der Waals surface area contributed by atoms with Crippen molar-refractivity contribution < 1.29 is 19.1 Å². The molecule has 230 valence electrons. The number of fused-ring (bicyclic) bond motifs is 2. The molecule has 9 heteroatoms. The molecule has 1 atom stereocenters. The van der Waals surface area contributed by atoms with Gasteiger partial charge in [-0.3, -0.25) is 14.5 Å². The maximum atomic E-state index is 14.5. The lowest BCUT2D eigenvalue weighted by Gasteiger charge is -2.33. The number of carbonyl (C=O) groups excluding carboxylic acids is 2. The molecule has 0 unspecified atom stereocenters. The first-order valence-electron chi connectivity index (χ1n) is 15.6. The largest absolute Gasteiger partial charge is 0.454 e. The molecule has 1 saturated carbocycles. The molecule has 0 bridgehead atoms. The summed E-state index contributed by atoms with van der Waals surface area (Å²) >= 11 is 0. The first-order chi connectivity index (χ1) is 22.6. The highest BCUT2D eigenvalue weighted by molar-refractivity contribution is 6.02. The Morgan fingerprint density at radius 2 is 1.61 bits per heavy atom. The number of para-hydroxylation sites is 1. The van der Waals surface area contributed by atoms with Crippen LogP contribution in [-0.2, 0) is 16.1 Å². The molecule has 1 aromatic heterocycles. The molecule has 2 amide bonds. The Hall–Kier alpha value is -5.62. The molecule has 2 heterocycles. The summed E-state index contributed by atoms with van der Waals surface area (Å²) in [5.41, 5.74) is 4.17. The Bertz CT molecular complexity index is 1940. The van der Waals surface area contributed by atoms with Crippen molar-refractivity contribution in [2.45, 2.75) is 50.7 Å². The minimum Gasteiger partial charge on any atom is -0.454 e. The van der Waals surface area contributed by atoms with Crippen molar-refractivity contribution in [3.8, 4) is 23.3 Å². The maximum Gasteiger partial charge on any atom is 0.249 e. The summed E-state index contributed by atoms with van der Waals surface area (Å²) in [7, 11) is 0. The normalized spacial score (nSPS) is 14.7. The Morgan fingerprint density at radius 1 is 0.848 bits per heavy atom. The van der Waals surface area contributed by atoms with Crippen LogP contribution >= 0.6 is 0 Å². The van der Waals surface area contributed by atoms with Gasteiger partial charge in [0.2, 0.25) is 18.6 Å². The number of carbonyl (C=O) groups is 2. The topological polar surface area (TPSA) is 98.6 Å². The fourth-order valence-electron chi connectivity index (χ4n) is 6.11. The van der Waals surface area contributed by atoms with Crippen LogP contribution in [0.5, 0.6) is 11.5 Å². The molecule has 9 nitrogen and oxygen atoms in total. The zero-order valence-corrected chi connectivity index (χ0v) is 25.3. The van der Waals surface area contributed by atoms with Gasteiger partial charge in [-0.1, -0.05) is 78.8 Å². The highest BCUT2D eigenvalue weighted by atomic mass is 16.7. The first kappa shape index (κ1) is 29.1. The predicted octanol–water partition coefficient (Wildman–Crippen LogP) is 5.78. The van der Waals surface area contributed by atoms with E-state index in [1.54, 1.807) is 27.8 Å². The zero-order chi connectivity index (χ0) is 31.3. The minimum absolute atomic E-state index is 0.0396. The standard InChI is InChI=1S/C37H33N5O4/c43-35(24-41-32-17-8-7-16-31(32)39-40-41)42(30-20-21-33-34(23-30)46-25-45-33)36(37(44)38-29-14-5-2-6-15-29)28-13-9-12-27(22-28)19-18-26-10-3-1-4-11-26/h1,3-4,7-13,16-17,20-23,29,36H,2,5-6,14-15,24-25H2,(H,38,44)/t36-/m0/s1.